The van der Waals surface area contributed by atoms with Crippen molar-refractivity contribution in [3.05, 3.63) is 55.4 Å². The van der Waals surface area contributed by atoms with Gasteiger partial charge in [-0.25, -0.2) is 0 Å². The van der Waals surface area contributed by atoms with Crippen molar-refractivity contribution in [2.24, 2.45) is 0 Å². The third-order valence-electron chi connectivity index (χ3n) is 4.21. The molecular formula is C20H19BrClNO4. The molecule has 3 rings (SSSR count). The number of hydrogen-bond acceptors (Lipinski definition) is 4. The van der Waals surface area contributed by atoms with E-state index in [0.29, 0.717) is 40.2 Å². The fourth-order valence-corrected chi connectivity index (χ4v) is 3.85. The molecule has 0 spiro atoms. The van der Waals surface area contributed by atoms with Crippen molar-refractivity contribution in [1.82, 2.24) is 4.57 Å². The van der Waals surface area contributed by atoms with Crippen LogP contribution in [0.25, 0.3) is 11.1 Å². The van der Waals surface area contributed by atoms with Gasteiger partial charge in [-0.05, 0) is 51.0 Å². The van der Waals surface area contributed by atoms with Crippen LogP contribution in [0.3, 0.4) is 0 Å². The van der Waals surface area contributed by atoms with Crippen LogP contribution in [0.4, 0.5) is 0 Å². The number of benzene rings is 1. The van der Waals surface area contributed by atoms with Gasteiger partial charge < -0.3 is 9.30 Å². The lowest BCUT2D eigenvalue weighted by molar-refractivity contribution is -0.155. The van der Waals surface area contributed by atoms with E-state index in [0.717, 1.165) is 4.47 Å². The molecule has 2 aromatic rings. The highest BCUT2D eigenvalue weighted by atomic mass is 79.9. The smallest absolute Gasteiger partial charge is 0.326 e. The summed E-state index contributed by atoms with van der Waals surface area (Å²) in [6, 6.07) is 6.60. The number of Topliss-reactive ketones (excluding diaryl/α,β-unsaturated/α-hetero) is 1. The largest absolute Gasteiger partial charge is 0.459 e. The van der Waals surface area contributed by atoms with Crippen molar-refractivity contribution in [2.75, 3.05) is 0 Å². The SMILES string of the molecule is CC(C)(C)OC(=O)Cn1c2c(c(-c3cc(Cl)ccc3Br)cc1=O)C(=O)CC2. The Balaban J connectivity index is 2.13. The Labute approximate surface area is 170 Å². The molecule has 0 saturated carbocycles. The van der Waals surface area contributed by atoms with E-state index in [1.54, 1.807) is 39.0 Å². The van der Waals surface area contributed by atoms with Gasteiger partial charge in [-0.1, -0.05) is 27.5 Å². The molecule has 0 fully saturated rings. The summed E-state index contributed by atoms with van der Waals surface area (Å²) in [7, 11) is 0. The predicted octanol–water partition coefficient (Wildman–Crippen LogP) is 4.40. The lowest BCUT2D eigenvalue weighted by Gasteiger charge is -2.21. The average Bonchev–Trinajstić information content (AvgIpc) is 2.92. The summed E-state index contributed by atoms with van der Waals surface area (Å²) in [6.07, 6.45) is 0.719. The number of nitrogens with zero attached hydrogens (tertiary/aromatic N) is 1. The molecule has 7 heteroatoms. The molecule has 0 bridgehead atoms. The Hall–Kier alpha value is -1.92. The van der Waals surface area contributed by atoms with E-state index in [-0.39, 0.29) is 17.9 Å². The molecule has 0 saturated heterocycles. The number of pyridine rings is 1. The molecule has 1 aliphatic rings. The Morgan fingerprint density at radius 1 is 1.19 bits per heavy atom. The second-order valence-corrected chi connectivity index (χ2v) is 8.73. The standard InChI is InChI=1S/C20H19BrClNO4/c1-20(2,3)27-18(26)10-23-15-6-7-16(24)19(15)13(9-17(23)25)12-8-11(22)4-5-14(12)21/h4-5,8-9H,6-7,10H2,1-3H3. The molecule has 0 radical (unpaired) electrons. The number of esters is 1. The summed E-state index contributed by atoms with van der Waals surface area (Å²) in [6.45, 7) is 5.08. The number of aromatic nitrogens is 1. The van der Waals surface area contributed by atoms with Gasteiger partial charge in [0.05, 0.1) is 0 Å². The minimum absolute atomic E-state index is 0.0511. The summed E-state index contributed by atoms with van der Waals surface area (Å²) < 4.78 is 7.40. The molecule has 0 aliphatic heterocycles. The van der Waals surface area contributed by atoms with Gasteiger partial charge >= 0.3 is 5.97 Å². The van der Waals surface area contributed by atoms with Crippen molar-refractivity contribution in [3.8, 4) is 11.1 Å². The molecule has 1 aromatic heterocycles. The molecule has 0 amide bonds. The molecule has 142 valence electrons. The number of hydrogen-bond donors (Lipinski definition) is 0. The van der Waals surface area contributed by atoms with Crippen LogP contribution in [-0.4, -0.2) is 21.9 Å². The molecule has 0 N–H and O–H groups in total. The zero-order valence-electron chi connectivity index (χ0n) is 15.3. The number of fused-ring (bicyclic) bond motifs is 1. The Bertz CT molecular complexity index is 1000. The van der Waals surface area contributed by atoms with Gasteiger partial charge in [0, 0.05) is 38.8 Å². The maximum Gasteiger partial charge on any atom is 0.326 e. The van der Waals surface area contributed by atoms with Crippen LogP contribution in [-0.2, 0) is 22.5 Å². The van der Waals surface area contributed by atoms with E-state index in [2.05, 4.69) is 15.9 Å². The quantitative estimate of drug-likeness (QED) is 0.647. The van der Waals surface area contributed by atoms with Crippen LogP contribution in [0.1, 0.15) is 43.2 Å². The molecule has 27 heavy (non-hydrogen) atoms. The summed E-state index contributed by atoms with van der Waals surface area (Å²) in [4.78, 5) is 37.6. The predicted molar refractivity (Wildman–Crippen MR) is 107 cm³/mol. The normalized spacial score (nSPS) is 13.6. The third-order valence-corrected chi connectivity index (χ3v) is 5.14. The number of carbonyl (C=O) groups is 2. The van der Waals surface area contributed by atoms with Crippen LogP contribution < -0.4 is 5.56 Å². The Kier molecular flexibility index (Phi) is 5.32. The molecule has 5 nitrogen and oxygen atoms in total. The number of rotatable bonds is 3. The maximum absolute atomic E-state index is 12.8. The summed E-state index contributed by atoms with van der Waals surface area (Å²) in [5, 5.41) is 0.505. The van der Waals surface area contributed by atoms with Gasteiger partial charge in [0.1, 0.15) is 12.1 Å². The van der Waals surface area contributed by atoms with E-state index < -0.39 is 11.6 Å². The van der Waals surface area contributed by atoms with Crippen LogP contribution in [0, 0.1) is 0 Å². The molecule has 1 aliphatic carbocycles. The highest BCUT2D eigenvalue weighted by molar-refractivity contribution is 9.10. The lowest BCUT2D eigenvalue weighted by Crippen LogP contribution is -2.32. The number of ether oxygens (including phenoxy) is 1. The second-order valence-electron chi connectivity index (χ2n) is 7.44. The Morgan fingerprint density at radius 3 is 2.56 bits per heavy atom. The number of halogens is 2. The van der Waals surface area contributed by atoms with Crippen LogP contribution in [0.15, 0.2) is 33.5 Å². The number of ketones is 1. The van der Waals surface area contributed by atoms with Gasteiger partial charge in [0.15, 0.2) is 5.78 Å². The van der Waals surface area contributed by atoms with Crippen LogP contribution >= 0.6 is 27.5 Å². The van der Waals surface area contributed by atoms with Gasteiger partial charge in [0.25, 0.3) is 5.56 Å². The molecule has 0 atom stereocenters. The highest BCUT2D eigenvalue weighted by Gasteiger charge is 2.29. The van der Waals surface area contributed by atoms with E-state index >= 15 is 0 Å². The topological polar surface area (TPSA) is 65.4 Å². The first kappa shape index (κ1) is 19.8. The van der Waals surface area contributed by atoms with Crippen LogP contribution in [0.5, 0.6) is 0 Å². The first-order valence-corrected chi connectivity index (χ1v) is 9.71. The van der Waals surface area contributed by atoms with Gasteiger partial charge in [0.2, 0.25) is 0 Å². The molecular weight excluding hydrogens is 434 g/mol. The highest BCUT2D eigenvalue weighted by Crippen LogP contribution is 2.36. The monoisotopic (exact) mass is 451 g/mol. The first-order chi connectivity index (χ1) is 12.6. The Morgan fingerprint density at radius 2 is 1.89 bits per heavy atom. The second kappa shape index (κ2) is 7.24. The molecule has 1 aromatic carbocycles. The summed E-state index contributed by atoms with van der Waals surface area (Å²) >= 11 is 9.56. The maximum atomic E-state index is 12.8. The minimum Gasteiger partial charge on any atom is -0.459 e. The zero-order chi connectivity index (χ0) is 19.9. The fourth-order valence-electron chi connectivity index (χ4n) is 3.22. The molecule has 1 heterocycles. The number of carbonyl (C=O) groups excluding carboxylic acids is 2. The summed E-state index contributed by atoms with van der Waals surface area (Å²) in [5.41, 5.74) is 1.26. The lowest BCUT2D eigenvalue weighted by atomic mass is 9.99. The third kappa shape index (κ3) is 4.17. The van der Waals surface area contributed by atoms with Crippen molar-refractivity contribution >= 4 is 39.3 Å². The average molecular weight is 453 g/mol. The minimum atomic E-state index is -0.648. The van der Waals surface area contributed by atoms with E-state index in [1.165, 1.54) is 10.6 Å². The van der Waals surface area contributed by atoms with Crippen molar-refractivity contribution in [3.63, 3.8) is 0 Å². The zero-order valence-corrected chi connectivity index (χ0v) is 17.6. The van der Waals surface area contributed by atoms with Crippen LogP contribution in [0.2, 0.25) is 5.02 Å². The van der Waals surface area contributed by atoms with Gasteiger partial charge in [-0.3, -0.25) is 14.4 Å². The fraction of sp³-hybridized carbons (Fsp3) is 0.350. The van der Waals surface area contributed by atoms with Gasteiger partial charge in [-0.15, -0.1) is 0 Å². The van der Waals surface area contributed by atoms with Crippen molar-refractivity contribution in [1.29, 1.82) is 0 Å². The van der Waals surface area contributed by atoms with E-state index in [1.807, 2.05) is 0 Å². The van der Waals surface area contributed by atoms with Crippen molar-refractivity contribution < 1.29 is 14.3 Å². The van der Waals surface area contributed by atoms with Crippen molar-refractivity contribution in [2.45, 2.75) is 45.8 Å². The first-order valence-electron chi connectivity index (χ1n) is 8.54. The van der Waals surface area contributed by atoms with E-state index in [9.17, 15) is 14.4 Å². The molecule has 0 unspecified atom stereocenters. The van der Waals surface area contributed by atoms with Gasteiger partial charge in [-0.2, -0.15) is 0 Å². The summed E-state index contributed by atoms with van der Waals surface area (Å²) in [5.74, 6) is -0.562. The van der Waals surface area contributed by atoms with E-state index in [4.69, 9.17) is 16.3 Å².